The topological polar surface area (TPSA) is 29.5 Å². The summed E-state index contributed by atoms with van der Waals surface area (Å²) in [7, 11) is 0. The molecule has 1 heterocycles. The molecule has 0 aliphatic carbocycles. The third-order valence-corrected chi connectivity index (χ3v) is 2.55. The SMILES string of the molecule is CCOC(=O)C1C(C)CCN1Cl. The zero-order valence-electron chi connectivity index (χ0n) is 7.42. The van der Waals surface area contributed by atoms with E-state index in [0.717, 1.165) is 13.0 Å². The quantitative estimate of drug-likeness (QED) is 0.488. The van der Waals surface area contributed by atoms with E-state index in [-0.39, 0.29) is 12.0 Å². The van der Waals surface area contributed by atoms with Gasteiger partial charge < -0.3 is 4.74 Å². The fraction of sp³-hybridized carbons (Fsp3) is 0.875. The predicted molar refractivity (Wildman–Crippen MR) is 46.8 cm³/mol. The Hall–Kier alpha value is -0.280. The Bertz CT molecular complexity index is 164. The van der Waals surface area contributed by atoms with Gasteiger partial charge in [0.05, 0.1) is 6.61 Å². The second kappa shape index (κ2) is 4.10. The number of hydrogen-bond donors (Lipinski definition) is 0. The van der Waals surface area contributed by atoms with Crippen LogP contribution in [0.1, 0.15) is 20.3 Å². The molecule has 4 heteroatoms. The number of halogens is 1. The lowest BCUT2D eigenvalue weighted by atomic mass is 10.0. The maximum absolute atomic E-state index is 11.3. The summed E-state index contributed by atoms with van der Waals surface area (Å²) < 4.78 is 6.45. The lowest BCUT2D eigenvalue weighted by Gasteiger charge is -2.17. The second-order valence-electron chi connectivity index (χ2n) is 3.09. The highest BCUT2D eigenvalue weighted by atomic mass is 35.5. The number of ether oxygens (including phenoxy) is 1. The summed E-state index contributed by atoms with van der Waals surface area (Å²) >= 11 is 5.84. The average molecular weight is 192 g/mol. The number of rotatable bonds is 2. The first-order chi connectivity index (χ1) is 5.66. The third-order valence-electron chi connectivity index (χ3n) is 2.17. The van der Waals surface area contributed by atoms with Gasteiger partial charge >= 0.3 is 5.97 Å². The minimum absolute atomic E-state index is 0.197. The Labute approximate surface area is 77.7 Å². The Kier molecular flexibility index (Phi) is 3.35. The van der Waals surface area contributed by atoms with Gasteiger partial charge in [0.2, 0.25) is 0 Å². The molecule has 1 rings (SSSR count). The number of carbonyl (C=O) groups is 1. The zero-order valence-corrected chi connectivity index (χ0v) is 8.17. The van der Waals surface area contributed by atoms with Crippen LogP contribution in [0.25, 0.3) is 0 Å². The number of carbonyl (C=O) groups excluding carboxylic acids is 1. The molecule has 3 nitrogen and oxygen atoms in total. The molecule has 70 valence electrons. The van der Waals surface area contributed by atoms with E-state index in [1.165, 1.54) is 0 Å². The van der Waals surface area contributed by atoms with Crippen molar-refractivity contribution in [3.05, 3.63) is 0 Å². The van der Waals surface area contributed by atoms with E-state index in [1.807, 2.05) is 6.92 Å². The van der Waals surface area contributed by atoms with Crippen LogP contribution >= 0.6 is 11.8 Å². The monoisotopic (exact) mass is 191 g/mol. The lowest BCUT2D eigenvalue weighted by molar-refractivity contribution is -0.147. The van der Waals surface area contributed by atoms with Crippen molar-refractivity contribution in [1.29, 1.82) is 0 Å². The van der Waals surface area contributed by atoms with Gasteiger partial charge in [-0.1, -0.05) is 6.92 Å². The lowest BCUT2D eigenvalue weighted by Crippen LogP contribution is -2.34. The van der Waals surface area contributed by atoms with Gasteiger partial charge in [-0.3, -0.25) is 4.79 Å². The molecule has 0 aromatic rings. The summed E-state index contributed by atoms with van der Waals surface area (Å²) in [6.07, 6.45) is 0.965. The van der Waals surface area contributed by atoms with Crippen LogP contribution in [-0.4, -0.2) is 29.6 Å². The van der Waals surface area contributed by atoms with Crippen molar-refractivity contribution in [1.82, 2.24) is 4.42 Å². The van der Waals surface area contributed by atoms with Crippen LogP contribution in [0.3, 0.4) is 0 Å². The average Bonchev–Trinajstić information content (AvgIpc) is 2.32. The minimum Gasteiger partial charge on any atom is -0.465 e. The molecule has 2 atom stereocenters. The summed E-state index contributed by atoms with van der Waals surface area (Å²) in [5.41, 5.74) is 0. The van der Waals surface area contributed by atoms with Crippen LogP contribution in [0.5, 0.6) is 0 Å². The van der Waals surface area contributed by atoms with E-state index in [0.29, 0.717) is 12.5 Å². The van der Waals surface area contributed by atoms with Crippen LogP contribution in [0.4, 0.5) is 0 Å². The Balaban J connectivity index is 2.53. The number of hydrogen-bond acceptors (Lipinski definition) is 3. The smallest absolute Gasteiger partial charge is 0.324 e. The highest BCUT2D eigenvalue weighted by Gasteiger charge is 2.36. The van der Waals surface area contributed by atoms with Gasteiger partial charge in [0, 0.05) is 6.54 Å². The molecule has 0 spiro atoms. The first-order valence-electron chi connectivity index (χ1n) is 4.26. The molecular weight excluding hydrogens is 178 g/mol. The van der Waals surface area contributed by atoms with E-state index >= 15 is 0 Å². The van der Waals surface area contributed by atoms with Crippen molar-refractivity contribution in [2.24, 2.45) is 5.92 Å². The molecule has 0 amide bonds. The van der Waals surface area contributed by atoms with E-state index < -0.39 is 0 Å². The zero-order chi connectivity index (χ0) is 9.14. The van der Waals surface area contributed by atoms with E-state index in [2.05, 4.69) is 0 Å². The molecule has 0 radical (unpaired) electrons. The van der Waals surface area contributed by atoms with Crippen molar-refractivity contribution in [2.75, 3.05) is 13.2 Å². The van der Waals surface area contributed by atoms with E-state index in [4.69, 9.17) is 16.5 Å². The van der Waals surface area contributed by atoms with Crippen LogP contribution < -0.4 is 0 Å². The van der Waals surface area contributed by atoms with Crippen molar-refractivity contribution in [3.8, 4) is 0 Å². The summed E-state index contributed by atoms with van der Waals surface area (Å²) in [6, 6.07) is -0.244. The van der Waals surface area contributed by atoms with Gasteiger partial charge in [-0.05, 0) is 31.0 Å². The molecule has 2 unspecified atom stereocenters. The number of nitrogens with zero attached hydrogens (tertiary/aromatic N) is 1. The highest BCUT2D eigenvalue weighted by Crippen LogP contribution is 2.26. The van der Waals surface area contributed by atoms with Crippen LogP contribution in [0.15, 0.2) is 0 Å². The molecule has 1 aliphatic rings. The molecule has 0 saturated carbocycles. The molecular formula is C8H14ClNO2. The van der Waals surface area contributed by atoms with Crippen molar-refractivity contribution in [2.45, 2.75) is 26.3 Å². The normalized spacial score (nSPS) is 30.6. The second-order valence-corrected chi connectivity index (χ2v) is 3.52. The van der Waals surface area contributed by atoms with Crippen molar-refractivity contribution < 1.29 is 9.53 Å². The van der Waals surface area contributed by atoms with Gasteiger partial charge in [-0.15, -0.1) is 0 Å². The maximum atomic E-state index is 11.3. The standard InChI is InChI=1S/C8H14ClNO2/c1-3-12-8(11)7-6(2)4-5-10(7)9/h6-7H,3-5H2,1-2H3. The third kappa shape index (κ3) is 1.90. The molecule has 0 bridgehead atoms. The predicted octanol–water partition coefficient (Wildman–Crippen LogP) is 1.41. The Morgan fingerprint density at radius 3 is 2.83 bits per heavy atom. The highest BCUT2D eigenvalue weighted by molar-refractivity contribution is 6.15. The molecule has 0 aromatic carbocycles. The van der Waals surface area contributed by atoms with Crippen molar-refractivity contribution >= 4 is 17.7 Å². The Morgan fingerprint density at radius 1 is 1.75 bits per heavy atom. The molecule has 0 aromatic heterocycles. The molecule has 1 saturated heterocycles. The van der Waals surface area contributed by atoms with Crippen molar-refractivity contribution in [3.63, 3.8) is 0 Å². The van der Waals surface area contributed by atoms with Crippen LogP contribution in [0, 0.1) is 5.92 Å². The first-order valence-corrected chi connectivity index (χ1v) is 4.59. The molecule has 1 aliphatic heterocycles. The van der Waals surface area contributed by atoms with Gasteiger partial charge in [0.1, 0.15) is 6.04 Å². The van der Waals surface area contributed by atoms with Gasteiger partial charge in [-0.25, -0.2) is 4.42 Å². The first kappa shape index (κ1) is 9.81. The molecule has 12 heavy (non-hydrogen) atoms. The number of esters is 1. The van der Waals surface area contributed by atoms with Crippen LogP contribution in [0.2, 0.25) is 0 Å². The maximum Gasteiger partial charge on any atom is 0.324 e. The summed E-state index contributed by atoms with van der Waals surface area (Å²) in [4.78, 5) is 11.3. The fourth-order valence-electron chi connectivity index (χ4n) is 1.47. The van der Waals surface area contributed by atoms with E-state index in [1.54, 1.807) is 11.3 Å². The summed E-state index contributed by atoms with van der Waals surface area (Å²) in [6.45, 7) is 5.01. The van der Waals surface area contributed by atoms with Gasteiger partial charge in [-0.2, -0.15) is 0 Å². The molecule has 0 N–H and O–H groups in total. The Morgan fingerprint density at radius 2 is 2.42 bits per heavy atom. The van der Waals surface area contributed by atoms with Crippen LogP contribution in [-0.2, 0) is 9.53 Å². The summed E-state index contributed by atoms with van der Waals surface area (Å²) in [5, 5.41) is 0. The summed E-state index contributed by atoms with van der Waals surface area (Å²) in [5.74, 6) is 0.110. The minimum atomic E-state index is -0.244. The van der Waals surface area contributed by atoms with E-state index in [9.17, 15) is 4.79 Å². The van der Waals surface area contributed by atoms with Gasteiger partial charge in [0.15, 0.2) is 0 Å². The fourth-order valence-corrected chi connectivity index (χ4v) is 1.84. The largest absolute Gasteiger partial charge is 0.465 e. The van der Waals surface area contributed by atoms with Gasteiger partial charge in [0.25, 0.3) is 0 Å². The molecule has 1 fully saturated rings.